The number of rotatable bonds is 6. The summed E-state index contributed by atoms with van der Waals surface area (Å²) in [6.07, 6.45) is 0. The summed E-state index contributed by atoms with van der Waals surface area (Å²) in [5.74, 6) is 0.862. The van der Waals surface area contributed by atoms with Gasteiger partial charge in [-0.15, -0.1) is 0 Å². The third kappa shape index (κ3) is 5.44. The molecule has 0 amide bonds. The number of anilines is 1. The number of nitrogens with one attached hydrogen (secondary N) is 2. The fourth-order valence-electron chi connectivity index (χ4n) is 2.67. The zero-order valence-electron chi connectivity index (χ0n) is 15.6. The summed E-state index contributed by atoms with van der Waals surface area (Å²) in [6.45, 7) is 4.85. The van der Waals surface area contributed by atoms with E-state index in [-0.39, 0.29) is 6.04 Å². The van der Waals surface area contributed by atoms with Gasteiger partial charge in [-0.25, -0.2) is 0 Å². The van der Waals surface area contributed by atoms with E-state index in [1.165, 1.54) is 16.7 Å². The van der Waals surface area contributed by atoms with E-state index in [4.69, 9.17) is 17.0 Å². The predicted molar refractivity (Wildman–Crippen MR) is 110 cm³/mol. The molecule has 0 aliphatic carbocycles. The van der Waals surface area contributed by atoms with Crippen molar-refractivity contribution in [2.45, 2.75) is 19.9 Å². The molecule has 134 valence electrons. The fourth-order valence-corrected chi connectivity index (χ4v) is 2.87. The average molecular weight is 358 g/mol. The Bertz CT molecular complexity index is 731. The van der Waals surface area contributed by atoms with Crippen molar-refractivity contribution >= 4 is 23.0 Å². The van der Waals surface area contributed by atoms with Crippen LogP contribution in [0.3, 0.4) is 0 Å². The maximum absolute atomic E-state index is 5.48. The van der Waals surface area contributed by atoms with Crippen LogP contribution in [0.2, 0.25) is 0 Å². The van der Waals surface area contributed by atoms with Gasteiger partial charge in [0.1, 0.15) is 5.75 Å². The molecular formula is C20H27N3OS. The largest absolute Gasteiger partial charge is 0.497 e. The first-order chi connectivity index (χ1) is 11.9. The molecule has 0 aliphatic rings. The second kappa shape index (κ2) is 8.83. The van der Waals surface area contributed by atoms with Crippen LogP contribution in [0, 0.1) is 13.8 Å². The first-order valence-corrected chi connectivity index (χ1v) is 8.74. The van der Waals surface area contributed by atoms with Crippen molar-refractivity contribution in [3.8, 4) is 5.75 Å². The van der Waals surface area contributed by atoms with Gasteiger partial charge in [-0.05, 0) is 75.1 Å². The Morgan fingerprint density at radius 3 is 2.60 bits per heavy atom. The first kappa shape index (κ1) is 19.2. The molecule has 0 spiro atoms. The van der Waals surface area contributed by atoms with Crippen molar-refractivity contribution in [3.63, 3.8) is 0 Å². The van der Waals surface area contributed by atoms with Gasteiger partial charge in [0.15, 0.2) is 5.11 Å². The van der Waals surface area contributed by atoms with E-state index < -0.39 is 0 Å². The quantitative estimate of drug-likeness (QED) is 0.767. The Balaban J connectivity index is 2.03. The lowest BCUT2D eigenvalue weighted by Gasteiger charge is -2.26. The van der Waals surface area contributed by atoms with Crippen LogP contribution in [0.25, 0.3) is 0 Å². The average Bonchev–Trinajstić information content (AvgIpc) is 2.58. The van der Waals surface area contributed by atoms with Crippen molar-refractivity contribution in [2.24, 2.45) is 0 Å². The van der Waals surface area contributed by atoms with Crippen molar-refractivity contribution in [1.82, 2.24) is 10.2 Å². The van der Waals surface area contributed by atoms with E-state index in [0.717, 1.165) is 11.4 Å². The monoisotopic (exact) mass is 357 g/mol. The summed E-state index contributed by atoms with van der Waals surface area (Å²) in [5, 5.41) is 7.26. The predicted octanol–water partition coefficient (Wildman–Crippen LogP) is 3.90. The minimum atomic E-state index is 0.188. The Morgan fingerprint density at radius 1 is 1.16 bits per heavy atom. The number of hydrogen-bond acceptors (Lipinski definition) is 3. The summed E-state index contributed by atoms with van der Waals surface area (Å²) in [6, 6.07) is 14.6. The molecule has 2 aromatic rings. The molecular weight excluding hydrogens is 330 g/mol. The standard InChI is InChI=1S/C20H27N3OS/c1-14-9-10-15(2)18(11-14)22-20(25)21-13-19(23(3)4)16-7-6-8-17(12-16)24-5/h6-12,19H,13H2,1-5H3,(H2,21,22,25)/t19-/m1/s1. The number of ether oxygens (including phenoxy) is 1. The van der Waals surface area contributed by atoms with Gasteiger partial charge in [0.2, 0.25) is 0 Å². The first-order valence-electron chi connectivity index (χ1n) is 8.33. The Labute approximate surface area is 156 Å². The van der Waals surface area contributed by atoms with E-state index in [1.807, 2.05) is 12.1 Å². The van der Waals surface area contributed by atoms with Gasteiger partial charge in [0.05, 0.1) is 13.2 Å². The molecule has 0 saturated carbocycles. The highest BCUT2D eigenvalue weighted by Gasteiger charge is 2.15. The maximum Gasteiger partial charge on any atom is 0.170 e. The lowest BCUT2D eigenvalue weighted by atomic mass is 10.1. The van der Waals surface area contributed by atoms with E-state index in [0.29, 0.717) is 11.7 Å². The van der Waals surface area contributed by atoms with E-state index in [9.17, 15) is 0 Å². The third-order valence-electron chi connectivity index (χ3n) is 4.20. The summed E-state index contributed by atoms with van der Waals surface area (Å²) in [5.41, 5.74) is 4.61. The van der Waals surface area contributed by atoms with Gasteiger partial charge in [-0.1, -0.05) is 24.3 Å². The van der Waals surface area contributed by atoms with Gasteiger partial charge in [0, 0.05) is 12.2 Å². The molecule has 0 bridgehead atoms. The molecule has 0 radical (unpaired) electrons. The molecule has 0 aromatic heterocycles. The lowest BCUT2D eigenvalue weighted by molar-refractivity contribution is 0.298. The van der Waals surface area contributed by atoms with Crippen molar-refractivity contribution in [3.05, 3.63) is 59.2 Å². The molecule has 0 saturated heterocycles. The smallest absolute Gasteiger partial charge is 0.170 e. The van der Waals surface area contributed by atoms with Gasteiger partial charge in [-0.3, -0.25) is 0 Å². The fraction of sp³-hybridized carbons (Fsp3) is 0.350. The molecule has 0 aliphatic heterocycles. The summed E-state index contributed by atoms with van der Waals surface area (Å²) < 4.78 is 5.34. The van der Waals surface area contributed by atoms with E-state index in [2.05, 4.69) is 73.8 Å². The normalized spacial score (nSPS) is 11.9. The van der Waals surface area contributed by atoms with Crippen LogP contribution in [-0.2, 0) is 0 Å². The highest BCUT2D eigenvalue weighted by molar-refractivity contribution is 7.80. The number of thiocarbonyl (C=S) groups is 1. The molecule has 2 N–H and O–H groups in total. The third-order valence-corrected chi connectivity index (χ3v) is 4.45. The van der Waals surface area contributed by atoms with Gasteiger partial charge in [0.25, 0.3) is 0 Å². The van der Waals surface area contributed by atoms with E-state index in [1.54, 1.807) is 7.11 Å². The van der Waals surface area contributed by atoms with Crippen LogP contribution in [0.5, 0.6) is 5.75 Å². The van der Waals surface area contributed by atoms with Crippen molar-refractivity contribution in [2.75, 3.05) is 33.1 Å². The van der Waals surface area contributed by atoms with Crippen LogP contribution < -0.4 is 15.4 Å². The van der Waals surface area contributed by atoms with Gasteiger partial charge >= 0.3 is 0 Å². The summed E-state index contributed by atoms with van der Waals surface area (Å²) >= 11 is 5.48. The minimum absolute atomic E-state index is 0.188. The molecule has 25 heavy (non-hydrogen) atoms. The number of nitrogens with zero attached hydrogens (tertiary/aromatic N) is 1. The second-order valence-corrected chi connectivity index (χ2v) is 6.82. The number of hydrogen-bond donors (Lipinski definition) is 2. The molecule has 0 heterocycles. The number of methoxy groups -OCH3 is 1. The van der Waals surface area contributed by atoms with Gasteiger partial charge < -0.3 is 20.3 Å². The summed E-state index contributed by atoms with van der Waals surface area (Å²) in [7, 11) is 5.81. The topological polar surface area (TPSA) is 36.5 Å². The molecule has 2 rings (SSSR count). The molecule has 4 nitrogen and oxygen atoms in total. The van der Waals surface area contributed by atoms with Gasteiger partial charge in [-0.2, -0.15) is 0 Å². The Kier molecular flexibility index (Phi) is 6.79. The van der Waals surface area contributed by atoms with Crippen LogP contribution in [-0.4, -0.2) is 37.8 Å². The van der Waals surface area contributed by atoms with Crippen LogP contribution in [0.15, 0.2) is 42.5 Å². The zero-order chi connectivity index (χ0) is 18.4. The Hall–Kier alpha value is -2.11. The number of aryl methyl sites for hydroxylation is 2. The Morgan fingerprint density at radius 2 is 1.92 bits per heavy atom. The van der Waals surface area contributed by atoms with Crippen molar-refractivity contribution in [1.29, 1.82) is 0 Å². The minimum Gasteiger partial charge on any atom is -0.497 e. The lowest BCUT2D eigenvalue weighted by Crippen LogP contribution is -2.36. The van der Waals surface area contributed by atoms with Crippen molar-refractivity contribution < 1.29 is 4.74 Å². The number of likely N-dealkylation sites (N-methyl/N-ethyl adjacent to an activating group) is 1. The molecule has 0 fully saturated rings. The van der Waals surface area contributed by atoms with Crippen LogP contribution in [0.1, 0.15) is 22.7 Å². The molecule has 1 atom stereocenters. The number of benzene rings is 2. The SMILES string of the molecule is COc1cccc([C@@H](CNC(=S)Nc2cc(C)ccc2C)N(C)C)c1. The second-order valence-electron chi connectivity index (χ2n) is 6.41. The highest BCUT2D eigenvalue weighted by Crippen LogP contribution is 2.22. The molecule has 2 aromatic carbocycles. The van der Waals surface area contributed by atoms with Crippen LogP contribution >= 0.6 is 12.2 Å². The van der Waals surface area contributed by atoms with E-state index >= 15 is 0 Å². The maximum atomic E-state index is 5.48. The highest BCUT2D eigenvalue weighted by atomic mass is 32.1. The van der Waals surface area contributed by atoms with Crippen LogP contribution in [0.4, 0.5) is 5.69 Å². The molecule has 0 unspecified atom stereocenters. The zero-order valence-corrected chi connectivity index (χ0v) is 16.4. The summed E-state index contributed by atoms with van der Waals surface area (Å²) in [4.78, 5) is 2.17. The molecule has 5 heteroatoms.